The van der Waals surface area contributed by atoms with Crippen molar-refractivity contribution >= 4 is 21.6 Å². The zero-order chi connectivity index (χ0) is 21.2. The van der Waals surface area contributed by atoms with Crippen LogP contribution in [0.25, 0.3) is 0 Å². The summed E-state index contributed by atoms with van der Waals surface area (Å²) in [5.41, 5.74) is 0.932. The second-order valence-electron chi connectivity index (χ2n) is 7.68. The van der Waals surface area contributed by atoms with E-state index in [1.807, 2.05) is 51.1 Å². The summed E-state index contributed by atoms with van der Waals surface area (Å²) in [7, 11) is -3.87. The Balaban J connectivity index is 1.94. The van der Waals surface area contributed by atoms with Crippen LogP contribution in [-0.4, -0.2) is 29.1 Å². The molecule has 8 nitrogen and oxygen atoms in total. The Morgan fingerprint density at radius 2 is 1.79 bits per heavy atom. The molecular weight excluding hydrogens is 390 g/mol. The van der Waals surface area contributed by atoms with Crippen molar-refractivity contribution in [3.8, 4) is 0 Å². The minimum absolute atomic E-state index is 0.0866. The van der Waals surface area contributed by atoms with Crippen LogP contribution >= 0.6 is 0 Å². The highest BCUT2D eigenvalue weighted by Gasteiger charge is 2.25. The van der Waals surface area contributed by atoms with E-state index >= 15 is 0 Å². The number of primary sulfonamides is 1. The molecular formula is C20H23N5O3S. The van der Waals surface area contributed by atoms with Crippen LogP contribution < -0.4 is 10.5 Å². The number of carbonyl (C=O) groups is 1. The van der Waals surface area contributed by atoms with Crippen LogP contribution in [0.4, 0.5) is 5.69 Å². The first-order chi connectivity index (χ1) is 13.5. The van der Waals surface area contributed by atoms with E-state index in [1.165, 1.54) is 18.2 Å². The maximum Gasteiger partial charge on any atom is 0.293 e. The van der Waals surface area contributed by atoms with Crippen molar-refractivity contribution in [2.24, 2.45) is 5.14 Å². The van der Waals surface area contributed by atoms with Gasteiger partial charge in [-0.2, -0.15) is 5.10 Å². The Labute approximate surface area is 169 Å². The number of hydrogen-bond donors (Lipinski definition) is 2. The van der Waals surface area contributed by atoms with Gasteiger partial charge < -0.3 is 5.32 Å². The first-order valence-corrected chi connectivity index (χ1v) is 10.5. The van der Waals surface area contributed by atoms with Gasteiger partial charge in [-0.25, -0.2) is 23.2 Å². The fraction of sp³-hybridized carbons (Fsp3) is 0.250. The van der Waals surface area contributed by atoms with Gasteiger partial charge in [0.05, 0.1) is 11.4 Å². The lowest BCUT2D eigenvalue weighted by molar-refractivity contribution is 0.101. The maximum atomic E-state index is 12.9. The first-order valence-electron chi connectivity index (χ1n) is 8.97. The van der Waals surface area contributed by atoms with Gasteiger partial charge in [0.1, 0.15) is 0 Å². The Kier molecular flexibility index (Phi) is 5.54. The van der Waals surface area contributed by atoms with E-state index in [4.69, 9.17) is 5.14 Å². The average Bonchev–Trinajstić information content (AvgIpc) is 3.06. The largest absolute Gasteiger partial charge is 0.319 e. The number of benzene rings is 2. The van der Waals surface area contributed by atoms with Gasteiger partial charge in [-0.3, -0.25) is 4.79 Å². The van der Waals surface area contributed by atoms with Crippen molar-refractivity contribution in [1.82, 2.24) is 14.8 Å². The van der Waals surface area contributed by atoms with Crippen molar-refractivity contribution < 1.29 is 13.2 Å². The number of hydrogen-bond acceptors (Lipinski definition) is 5. The third kappa shape index (κ3) is 5.07. The molecule has 0 fully saturated rings. The second-order valence-corrected chi connectivity index (χ2v) is 9.24. The SMILES string of the molecule is CC(C)(C)c1nc(C(=O)Nc2cccc(S(N)(=O)=O)c2)n(Cc2ccccc2)n1. The van der Waals surface area contributed by atoms with E-state index in [-0.39, 0.29) is 16.1 Å². The van der Waals surface area contributed by atoms with E-state index in [0.29, 0.717) is 18.1 Å². The summed E-state index contributed by atoms with van der Waals surface area (Å²) >= 11 is 0. The standard InChI is InChI=1S/C20H23N5O3S/c1-20(2,3)19-23-17(25(24-19)13-14-8-5-4-6-9-14)18(26)22-15-10-7-11-16(12-15)29(21,27)28/h4-12H,13H2,1-3H3,(H,22,26)(H2,21,27,28). The number of nitrogens with zero attached hydrogens (tertiary/aromatic N) is 3. The molecule has 0 aliphatic carbocycles. The van der Waals surface area contributed by atoms with E-state index in [1.54, 1.807) is 10.7 Å². The van der Waals surface area contributed by atoms with Gasteiger partial charge in [0.2, 0.25) is 15.8 Å². The predicted molar refractivity (Wildman–Crippen MR) is 110 cm³/mol. The van der Waals surface area contributed by atoms with Gasteiger partial charge in [0.15, 0.2) is 5.82 Å². The molecule has 152 valence electrons. The number of carbonyl (C=O) groups excluding carboxylic acids is 1. The van der Waals surface area contributed by atoms with E-state index in [2.05, 4.69) is 15.4 Å². The summed E-state index contributed by atoms with van der Waals surface area (Å²) in [6.07, 6.45) is 0. The van der Waals surface area contributed by atoms with Gasteiger partial charge in [-0.05, 0) is 23.8 Å². The molecule has 0 radical (unpaired) electrons. The van der Waals surface area contributed by atoms with E-state index < -0.39 is 15.9 Å². The number of rotatable bonds is 5. The van der Waals surface area contributed by atoms with Crippen LogP contribution in [0.15, 0.2) is 59.5 Å². The molecule has 2 aromatic carbocycles. The van der Waals surface area contributed by atoms with Crippen LogP contribution in [0, 0.1) is 0 Å². The van der Waals surface area contributed by atoms with Crippen molar-refractivity contribution in [3.05, 3.63) is 71.8 Å². The van der Waals surface area contributed by atoms with Crippen molar-refractivity contribution in [2.75, 3.05) is 5.32 Å². The molecule has 0 unspecified atom stereocenters. The molecule has 0 saturated heterocycles. The minimum atomic E-state index is -3.87. The Morgan fingerprint density at radius 3 is 2.41 bits per heavy atom. The lowest BCUT2D eigenvalue weighted by Crippen LogP contribution is -2.20. The predicted octanol–water partition coefficient (Wildman–Crippen LogP) is 2.52. The monoisotopic (exact) mass is 413 g/mol. The summed E-state index contributed by atoms with van der Waals surface area (Å²) in [6.45, 7) is 6.27. The highest BCUT2D eigenvalue weighted by Crippen LogP contribution is 2.20. The quantitative estimate of drug-likeness (QED) is 0.666. The van der Waals surface area contributed by atoms with Crippen LogP contribution in [0.1, 0.15) is 42.8 Å². The minimum Gasteiger partial charge on any atom is -0.319 e. The molecule has 0 aliphatic rings. The normalized spacial score (nSPS) is 12.0. The number of nitrogens with two attached hydrogens (primary N) is 1. The van der Waals surface area contributed by atoms with Crippen LogP contribution in [-0.2, 0) is 22.0 Å². The van der Waals surface area contributed by atoms with Gasteiger partial charge >= 0.3 is 0 Å². The molecule has 1 aromatic heterocycles. The smallest absolute Gasteiger partial charge is 0.293 e. The highest BCUT2D eigenvalue weighted by atomic mass is 32.2. The lowest BCUT2D eigenvalue weighted by Gasteiger charge is -2.12. The number of nitrogens with one attached hydrogen (secondary N) is 1. The van der Waals surface area contributed by atoms with E-state index in [0.717, 1.165) is 5.56 Å². The van der Waals surface area contributed by atoms with E-state index in [9.17, 15) is 13.2 Å². The number of sulfonamides is 1. The van der Waals surface area contributed by atoms with Gasteiger partial charge in [0, 0.05) is 11.1 Å². The maximum absolute atomic E-state index is 12.9. The van der Waals surface area contributed by atoms with Gasteiger partial charge in [0.25, 0.3) is 5.91 Å². The molecule has 0 bridgehead atoms. The third-order valence-corrected chi connectivity index (χ3v) is 5.05. The summed E-state index contributed by atoms with van der Waals surface area (Å²) in [5, 5.41) is 12.4. The fourth-order valence-corrected chi connectivity index (χ4v) is 3.19. The van der Waals surface area contributed by atoms with Crippen LogP contribution in [0.2, 0.25) is 0 Å². The molecule has 0 spiro atoms. The summed E-state index contributed by atoms with van der Waals surface area (Å²) in [6, 6.07) is 15.4. The Bertz CT molecular complexity index is 1130. The molecule has 0 atom stereocenters. The van der Waals surface area contributed by atoms with Crippen molar-refractivity contribution in [1.29, 1.82) is 0 Å². The number of amides is 1. The lowest BCUT2D eigenvalue weighted by atomic mass is 9.96. The van der Waals surface area contributed by atoms with Crippen molar-refractivity contribution in [2.45, 2.75) is 37.6 Å². The van der Waals surface area contributed by atoms with Gasteiger partial charge in [-0.1, -0.05) is 57.2 Å². The highest BCUT2D eigenvalue weighted by molar-refractivity contribution is 7.89. The molecule has 1 heterocycles. The number of aromatic nitrogens is 3. The Morgan fingerprint density at radius 1 is 1.10 bits per heavy atom. The summed E-state index contributed by atoms with van der Waals surface area (Å²) in [4.78, 5) is 17.3. The molecule has 1 amide bonds. The van der Waals surface area contributed by atoms with Crippen LogP contribution in [0.5, 0.6) is 0 Å². The fourth-order valence-electron chi connectivity index (χ4n) is 2.63. The average molecular weight is 414 g/mol. The second kappa shape index (κ2) is 7.76. The number of anilines is 1. The zero-order valence-corrected chi connectivity index (χ0v) is 17.3. The first kappa shape index (κ1) is 20.7. The topological polar surface area (TPSA) is 120 Å². The Hall–Kier alpha value is -3.04. The zero-order valence-electron chi connectivity index (χ0n) is 16.5. The molecule has 3 aromatic rings. The molecule has 29 heavy (non-hydrogen) atoms. The molecule has 3 rings (SSSR count). The van der Waals surface area contributed by atoms with Gasteiger partial charge in [-0.15, -0.1) is 0 Å². The summed E-state index contributed by atoms with van der Waals surface area (Å²) in [5.74, 6) is 0.187. The molecule has 3 N–H and O–H groups in total. The summed E-state index contributed by atoms with van der Waals surface area (Å²) < 4.78 is 24.7. The molecule has 0 saturated carbocycles. The molecule has 0 aliphatic heterocycles. The van der Waals surface area contributed by atoms with Crippen molar-refractivity contribution in [3.63, 3.8) is 0 Å². The molecule has 9 heteroatoms. The third-order valence-electron chi connectivity index (χ3n) is 4.14. The van der Waals surface area contributed by atoms with Crippen LogP contribution in [0.3, 0.4) is 0 Å².